The standard InChI is InChI=1S/C60H36N6O/c1-3-15-38(16-4-1)58-62-59(64-60(63-58)49-33-35-54-56(61-49)47-21-10-12-25-53(47)67-54)39-26-30-42(31-27-39)66-51-34-29-40(36-48(51)45-32-28-37-14-7-8-19-44(37)57(45)66)43-22-13-24-52-55(43)46-20-9-11-23-50(46)65(52)41-17-5-2-6-18-41/h1-36H. The van der Waals surface area contributed by atoms with Crippen molar-refractivity contribution in [3.63, 3.8) is 0 Å². The normalized spacial score (nSPS) is 11.9. The summed E-state index contributed by atoms with van der Waals surface area (Å²) in [5.74, 6) is 1.63. The zero-order valence-electron chi connectivity index (χ0n) is 35.9. The highest BCUT2D eigenvalue weighted by Gasteiger charge is 2.21. The van der Waals surface area contributed by atoms with Gasteiger partial charge in [0.25, 0.3) is 0 Å². The summed E-state index contributed by atoms with van der Waals surface area (Å²) in [6.07, 6.45) is 0. The summed E-state index contributed by atoms with van der Waals surface area (Å²) in [6.45, 7) is 0. The maximum Gasteiger partial charge on any atom is 0.182 e. The SMILES string of the molecule is c1ccc(-c2nc(-c3ccc(-n4c5ccc(-c6cccc7c6c6ccccc6n7-c6ccccc6)cc5c5ccc6ccccc6c54)cc3)nc(-c3ccc4oc5ccccc5c4n3)n2)cc1. The minimum absolute atomic E-state index is 0.491. The molecule has 0 saturated heterocycles. The molecule has 7 nitrogen and oxygen atoms in total. The molecule has 0 radical (unpaired) electrons. The first-order valence-corrected chi connectivity index (χ1v) is 22.5. The second-order valence-electron chi connectivity index (χ2n) is 17.0. The third kappa shape index (κ3) is 5.85. The molecule has 0 bridgehead atoms. The number of benzene rings is 9. The first-order valence-electron chi connectivity index (χ1n) is 22.5. The minimum Gasteiger partial charge on any atom is -0.454 e. The summed E-state index contributed by atoms with van der Waals surface area (Å²) < 4.78 is 10.9. The van der Waals surface area contributed by atoms with E-state index in [1.807, 2.05) is 66.7 Å². The number of rotatable bonds is 6. The Hall–Kier alpha value is -9.20. The fraction of sp³-hybridized carbons (Fsp3) is 0. The maximum absolute atomic E-state index is 6.10. The number of fused-ring (bicyclic) bond motifs is 11. The van der Waals surface area contributed by atoms with Gasteiger partial charge >= 0.3 is 0 Å². The molecule has 0 aliphatic rings. The van der Waals surface area contributed by atoms with Crippen molar-refractivity contribution in [2.24, 2.45) is 0 Å². The van der Waals surface area contributed by atoms with Crippen LogP contribution >= 0.6 is 0 Å². The average Bonchev–Trinajstić information content (AvgIpc) is 4.06. The maximum atomic E-state index is 6.10. The Morgan fingerprint density at radius 2 is 0.985 bits per heavy atom. The van der Waals surface area contributed by atoms with Crippen molar-refractivity contribution in [1.82, 2.24) is 29.1 Å². The zero-order valence-corrected chi connectivity index (χ0v) is 35.9. The van der Waals surface area contributed by atoms with Crippen LogP contribution < -0.4 is 0 Å². The number of nitrogens with zero attached hydrogens (tertiary/aromatic N) is 6. The highest BCUT2D eigenvalue weighted by Crippen LogP contribution is 2.43. The molecule has 0 amide bonds. The molecule has 0 aliphatic heterocycles. The molecular weight excluding hydrogens is 821 g/mol. The average molecular weight is 857 g/mol. The van der Waals surface area contributed by atoms with E-state index >= 15 is 0 Å². The van der Waals surface area contributed by atoms with E-state index in [2.05, 4.69) is 161 Å². The van der Waals surface area contributed by atoms with Crippen molar-refractivity contribution in [1.29, 1.82) is 0 Å². The molecular formula is C60H36N6O. The number of furan rings is 1. The Labute approximate surface area is 383 Å². The van der Waals surface area contributed by atoms with Gasteiger partial charge in [-0.05, 0) is 101 Å². The predicted molar refractivity (Wildman–Crippen MR) is 273 cm³/mol. The van der Waals surface area contributed by atoms with E-state index < -0.39 is 0 Å². The summed E-state index contributed by atoms with van der Waals surface area (Å²) in [7, 11) is 0. The lowest BCUT2D eigenvalue weighted by Crippen LogP contribution is -2.01. The topological polar surface area (TPSA) is 74.6 Å². The van der Waals surface area contributed by atoms with Gasteiger partial charge in [0.1, 0.15) is 16.8 Å². The summed E-state index contributed by atoms with van der Waals surface area (Å²) in [5, 5.41) is 8.20. The van der Waals surface area contributed by atoms with Crippen LogP contribution in [0.15, 0.2) is 223 Å². The van der Waals surface area contributed by atoms with Crippen molar-refractivity contribution in [2.75, 3.05) is 0 Å². The number of para-hydroxylation sites is 3. The van der Waals surface area contributed by atoms with Gasteiger partial charge in [-0.2, -0.15) is 0 Å². The predicted octanol–water partition coefficient (Wildman–Crippen LogP) is 15.2. The largest absolute Gasteiger partial charge is 0.454 e. The number of pyridine rings is 1. The van der Waals surface area contributed by atoms with Crippen molar-refractivity contribution >= 4 is 76.5 Å². The van der Waals surface area contributed by atoms with E-state index in [9.17, 15) is 0 Å². The number of aromatic nitrogens is 6. The summed E-state index contributed by atoms with van der Waals surface area (Å²) in [5.41, 5.74) is 13.9. The second kappa shape index (κ2) is 14.7. The highest BCUT2D eigenvalue weighted by molar-refractivity contribution is 6.21. The Morgan fingerprint density at radius 3 is 1.82 bits per heavy atom. The number of hydrogen-bond acceptors (Lipinski definition) is 5. The van der Waals surface area contributed by atoms with E-state index in [1.165, 1.54) is 60.0 Å². The highest BCUT2D eigenvalue weighted by atomic mass is 16.3. The molecule has 5 heterocycles. The molecule has 0 N–H and O–H groups in total. The Kier molecular flexibility index (Phi) is 8.15. The molecule has 5 aromatic heterocycles. The van der Waals surface area contributed by atoms with Crippen LogP contribution in [0.5, 0.6) is 0 Å². The third-order valence-electron chi connectivity index (χ3n) is 13.2. The molecule has 14 rings (SSSR count). The number of hydrogen-bond donors (Lipinski definition) is 0. The van der Waals surface area contributed by atoms with Crippen molar-refractivity contribution in [3.8, 4) is 56.8 Å². The fourth-order valence-corrected chi connectivity index (χ4v) is 10.1. The first kappa shape index (κ1) is 37.2. The lowest BCUT2D eigenvalue weighted by molar-refractivity contribution is 0.668. The lowest BCUT2D eigenvalue weighted by atomic mass is 9.97. The van der Waals surface area contributed by atoms with Crippen molar-refractivity contribution in [3.05, 3.63) is 218 Å². The molecule has 0 fully saturated rings. The smallest absolute Gasteiger partial charge is 0.182 e. The zero-order chi connectivity index (χ0) is 44.0. The van der Waals surface area contributed by atoms with Gasteiger partial charge in [-0.1, -0.05) is 133 Å². The van der Waals surface area contributed by atoms with Crippen LogP contribution in [-0.4, -0.2) is 29.1 Å². The van der Waals surface area contributed by atoms with E-state index in [0.717, 1.165) is 50.1 Å². The first-order chi connectivity index (χ1) is 33.2. The van der Waals surface area contributed by atoms with Gasteiger partial charge in [-0.25, -0.2) is 19.9 Å². The van der Waals surface area contributed by atoms with Crippen LogP contribution in [-0.2, 0) is 0 Å². The molecule has 0 saturated carbocycles. The van der Waals surface area contributed by atoms with E-state index in [1.54, 1.807) is 0 Å². The van der Waals surface area contributed by atoms with Crippen LogP contribution in [0.1, 0.15) is 0 Å². The molecule has 312 valence electrons. The summed E-state index contributed by atoms with van der Waals surface area (Å²) >= 11 is 0. The second-order valence-corrected chi connectivity index (χ2v) is 17.0. The monoisotopic (exact) mass is 856 g/mol. The quantitative estimate of drug-likeness (QED) is 0.167. The minimum atomic E-state index is 0.491. The molecule has 0 atom stereocenters. The molecule has 0 aliphatic carbocycles. The van der Waals surface area contributed by atoms with Gasteiger partial charge in [-0.15, -0.1) is 0 Å². The van der Waals surface area contributed by atoms with Crippen LogP contribution in [0.2, 0.25) is 0 Å². The fourth-order valence-electron chi connectivity index (χ4n) is 10.1. The van der Waals surface area contributed by atoms with Gasteiger partial charge in [0.15, 0.2) is 23.1 Å². The van der Waals surface area contributed by atoms with Crippen LogP contribution in [0.3, 0.4) is 0 Å². The molecule has 67 heavy (non-hydrogen) atoms. The summed E-state index contributed by atoms with van der Waals surface area (Å²) in [4.78, 5) is 20.2. The third-order valence-corrected chi connectivity index (χ3v) is 13.2. The van der Waals surface area contributed by atoms with E-state index in [-0.39, 0.29) is 0 Å². The van der Waals surface area contributed by atoms with Gasteiger partial charge in [0.05, 0.1) is 22.1 Å². The molecule has 7 heteroatoms. The van der Waals surface area contributed by atoms with Gasteiger partial charge in [-0.3, -0.25) is 0 Å². The van der Waals surface area contributed by atoms with Crippen molar-refractivity contribution in [2.45, 2.75) is 0 Å². The Balaban J connectivity index is 0.929. The molecule has 0 unspecified atom stereocenters. The Morgan fingerprint density at radius 1 is 0.343 bits per heavy atom. The van der Waals surface area contributed by atoms with Gasteiger partial charge < -0.3 is 13.6 Å². The van der Waals surface area contributed by atoms with Crippen molar-refractivity contribution < 1.29 is 4.42 Å². The lowest BCUT2D eigenvalue weighted by Gasteiger charge is -2.12. The molecule has 9 aromatic carbocycles. The van der Waals surface area contributed by atoms with E-state index in [0.29, 0.717) is 23.2 Å². The van der Waals surface area contributed by atoms with Crippen LogP contribution in [0.25, 0.3) is 133 Å². The summed E-state index contributed by atoms with van der Waals surface area (Å²) in [6, 6.07) is 76.7. The van der Waals surface area contributed by atoms with Gasteiger partial charge in [0, 0.05) is 54.8 Å². The van der Waals surface area contributed by atoms with E-state index in [4.69, 9.17) is 24.4 Å². The van der Waals surface area contributed by atoms with Crippen LogP contribution in [0.4, 0.5) is 0 Å². The molecule has 14 aromatic rings. The van der Waals surface area contributed by atoms with Crippen LogP contribution in [0, 0.1) is 0 Å². The molecule has 0 spiro atoms. The Bertz CT molecular complexity index is 4260. The van der Waals surface area contributed by atoms with Gasteiger partial charge in [0.2, 0.25) is 0 Å².